The molecule has 3 aromatic rings. The van der Waals surface area contributed by atoms with E-state index in [0.717, 1.165) is 43.0 Å². The van der Waals surface area contributed by atoms with Crippen molar-refractivity contribution in [3.8, 4) is 11.3 Å². The number of imidazole rings is 1. The fraction of sp³-hybridized carbons (Fsp3) is 0.300. The van der Waals surface area contributed by atoms with Gasteiger partial charge in [-0.2, -0.15) is 0 Å². The van der Waals surface area contributed by atoms with Crippen molar-refractivity contribution < 1.29 is 9.13 Å². The minimum Gasteiger partial charge on any atom is -0.381 e. The number of nitrogens with one attached hydrogen (secondary N) is 2. The third-order valence-electron chi connectivity index (χ3n) is 4.94. The van der Waals surface area contributed by atoms with Crippen LogP contribution in [0.4, 0.5) is 4.39 Å². The summed E-state index contributed by atoms with van der Waals surface area (Å²) in [5.41, 5.74) is 3.07. The van der Waals surface area contributed by atoms with Crippen LogP contribution < -0.4 is 0 Å². The van der Waals surface area contributed by atoms with Crippen LogP contribution in [-0.4, -0.2) is 38.3 Å². The highest BCUT2D eigenvalue weighted by atomic mass is 19.1. The number of allylic oxidation sites excluding steroid dienone is 1. The van der Waals surface area contributed by atoms with Crippen molar-refractivity contribution in [3.05, 3.63) is 60.1 Å². The van der Waals surface area contributed by atoms with Gasteiger partial charge < -0.3 is 9.72 Å². The molecule has 0 saturated carbocycles. The Morgan fingerprint density at radius 2 is 2.04 bits per heavy atom. The van der Waals surface area contributed by atoms with Gasteiger partial charge >= 0.3 is 0 Å². The number of H-pyrrole nitrogens is 1. The minimum absolute atomic E-state index is 0.267. The number of aromatic nitrogens is 4. The zero-order valence-corrected chi connectivity index (χ0v) is 15.2. The van der Waals surface area contributed by atoms with Gasteiger partial charge in [-0.05, 0) is 49.3 Å². The minimum atomic E-state index is -0.267. The van der Waals surface area contributed by atoms with Crippen molar-refractivity contribution in [2.75, 3.05) is 13.2 Å². The highest BCUT2D eigenvalue weighted by Crippen LogP contribution is 2.34. The number of nitrogens with zero attached hydrogens (tertiary/aromatic N) is 3. The third-order valence-corrected chi connectivity index (χ3v) is 4.94. The Balaban J connectivity index is 1.72. The lowest BCUT2D eigenvalue weighted by atomic mass is 10.0. The van der Waals surface area contributed by atoms with Gasteiger partial charge in [-0.15, -0.1) is 0 Å². The van der Waals surface area contributed by atoms with Crippen LogP contribution in [0.3, 0.4) is 0 Å². The maximum absolute atomic E-state index is 13.4. The maximum atomic E-state index is 13.4. The molecule has 0 amide bonds. The highest BCUT2D eigenvalue weighted by Gasteiger charge is 2.28. The molecule has 1 saturated heterocycles. The quantitative estimate of drug-likeness (QED) is 0.674. The first-order valence-electron chi connectivity index (χ1n) is 9.02. The first-order chi connectivity index (χ1) is 13.1. The number of rotatable bonds is 5. The Morgan fingerprint density at radius 3 is 2.70 bits per heavy atom. The van der Waals surface area contributed by atoms with Gasteiger partial charge in [-0.25, -0.2) is 9.37 Å². The van der Waals surface area contributed by atoms with E-state index in [4.69, 9.17) is 10.1 Å². The number of hydrogen-bond donors (Lipinski definition) is 2. The van der Waals surface area contributed by atoms with Crippen molar-refractivity contribution in [1.29, 1.82) is 5.41 Å². The standard InChI is InChI=1S/C20H22FN5O/c1-25-19(14-2-4-15(21)5-3-14)20(26(25)16-8-12-27-13-9-16)17(22)6-7-18-23-10-11-24-18/h2-7,10-11,16,22H,8-9,12-13H2,1H3,(H,23,24)/b7-6-,22-17?. The molecule has 140 valence electrons. The highest BCUT2D eigenvalue weighted by molar-refractivity contribution is 6.11. The largest absolute Gasteiger partial charge is 0.381 e. The zero-order chi connectivity index (χ0) is 18.8. The number of halogens is 1. The van der Waals surface area contributed by atoms with Gasteiger partial charge in [0.05, 0.1) is 17.4 Å². The Labute approximate surface area is 156 Å². The summed E-state index contributed by atoms with van der Waals surface area (Å²) in [6, 6.07) is 6.71. The van der Waals surface area contributed by atoms with Gasteiger partial charge in [0.2, 0.25) is 0 Å². The van der Waals surface area contributed by atoms with E-state index in [1.807, 2.05) is 7.05 Å². The van der Waals surface area contributed by atoms with Gasteiger partial charge in [-0.1, -0.05) is 0 Å². The zero-order valence-electron chi connectivity index (χ0n) is 15.2. The average Bonchev–Trinajstić information content (AvgIpc) is 3.20. The van der Waals surface area contributed by atoms with Crippen molar-refractivity contribution in [1.82, 2.24) is 19.3 Å². The van der Waals surface area contributed by atoms with Crippen LogP contribution >= 0.6 is 0 Å². The van der Waals surface area contributed by atoms with Crippen LogP contribution in [0.25, 0.3) is 17.3 Å². The second kappa shape index (κ2) is 7.36. The topological polar surface area (TPSA) is 71.6 Å². The van der Waals surface area contributed by atoms with E-state index in [1.165, 1.54) is 12.1 Å². The molecule has 1 aromatic carbocycles. The van der Waals surface area contributed by atoms with Crippen molar-refractivity contribution in [2.24, 2.45) is 7.05 Å². The summed E-state index contributed by atoms with van der Waals surface area (Å²) >= 11 is 0. The summed E-state index contributed by atoms with van der Waals surface area (Å²) < 4.78 is 23.1. The Hall–Kier alpha value is -2.93. The van der Waals surface area contributed by atoms with E-state index in [2.05, 4.69) is 19.3 Å². The lowest BCUT2D eigenvalue weighted by Crippen LogP contribution is -2.35. The molecule has 3 heterocycles. The molecule has 27 heavy (non-hydrogen) atoms. The van der Waals surface area contributed by atoms with Gasteiger partial charge in [0, 0.05) is 38.2 Å². The first-order valence-corrected chi connectivity index (χ1v) is 9.02. The smallest absolute Gasteiger partial charge is 0.130 e. The molecular formula is C20H22FN5O. The molecule has 0 bridgehead atoms. The van der Waals surface area contributed by atoms with E-state index in [0.29, 0.717) is 17.6 Å². The van der Waals surface area contributed by atoms with Crippen LogP contribution in [0.1, 0.15) is 30.4 Å². The Morgan fingerprint density at radius 1 is 1.30 bits per heavy atom. The van der Waals surface area contributed by atoms with Gasteiger partial charge in [0.25, 0.3) is 0 Å². The first kappa shape index (κ1) is 17.5. The maximum Gasteiger partial charge on any atom is 0.130 e. The van der Waals surface area contributed by atoms with Gasteiger partial charge in [0.15, 0.2) is 0 Å². The summed E-state index contributed by atoms with van der Waals surface area (Å²) in [4.78, 5) is 7.17. The van der Waals surface area contributed by atoms with Crippen molar-refractivity contribution in [2.45, 2.75) is 18.9 Å². The second-order valence-corrected chi connectivity index (χ2v) is 6.64. The lowest BCUT2D eigenvalue weighted by Gasteiger charge is -2.37. The molecule has 0 atom stereocenters. The predicted octanol–water partition coefficient (Wildman–Crippen LogP) is 3.79. The predicted molar refractivity (Wildman–Crippen MR) is 102 cm³/mol. The molecule has 0 aliphatic carbocycles. The average molecular weight is 367 g/mol. The molecule has 6 nitrogen and oxygen atoms in total. The van der Waals surface area contributed by atoms with Crippen LogP contribution in [-0.2, 0) is 11.8 Å². The summed E-state index contributed by atoms with van der Waals surface area (Å²) in [6.07, 6.45) is 8.80. The molecular weight excluding hydrogens is 345 g/mol. The molecule has 0 radical (unpaired) electrons. The summed E-state index contributed by atoms with van der Waals surface area (Å²) in [6.45, 7) is 1.45. The number of hydrogen-bond acceptors (Lipinski definition) is 3. The normalized spacial score (nSPS) is 15.6. The van der Waals surface area contributed by atoms with E-state index in [1.54, 1.807) is 36.7 Å². The SMILES string of the molecule is Cn1c(-c2ccc(F)cc2)c(C(=N)/C=C\c2ncc[nH]2)n1C1CCOCC1. The van der Waals surface area contributed by atoms with Crippen LogP contribution in [0.5, 0.6) is 0 Å². The molecule has 0 unspecified atom stereocenters. The number of benzene rings is 1. The molecule has 4 rings (SSSR count). The number of aromatic amines is 1. The van der Waals surface area contributed by atoms with Crippen LogP contribution in [0, 0.1) is 11.2 Å². The molecule has 1 aliphatic heterocycles. The molecule has 1 aliphatic rings. The molecule has 2 N–H and O–H groups in total. The number of ether oxygens (including phenoxy) is 1. The molecule has 7 heteroatoms. The fourth-order valence-electron chi connectivity index (χ4n) is 3.62. The molecule has 0 spiro atoms. The summed E-state index contributed by atoms with van der Waals surface area (Å²) in [7, 11) is 1.99. The summed E-state index contributed by atoms with van der Waals surface area (Å²) in [5, 5.41) is 8.65. The van der Waals surface area contributed by atoms with E-state index < -0.39 is 0 Å². The van der Waals surface area contributed by atoms with Crippen LogP contribution in [0.2, 0.25) is 0 Å². The van der Waals surface area contributed by atoms with Gasteiger partial charge in [-0.3, -0.25) is 14.8 Å². The van der Waals surface area contributed by atoms with Crippen LogP contribution in [0.15, 0.2) is 42.7 Å². The Bertz CT molecular complexity index is 944. The second-order valence-electron chi connectivity index (χ2n) is 6.64. The molecule has 1 fully saturated rings. The van der Waals surface area contributed by atoms with Crippen molar-refractivity contribution in [3.63, 3.8) is 0 Å². The third kappa shape index (κ3) is 3.38. The summed E-state index contributed by atoms with van der Waals surface area (Å²) in [5.74, 6) is 0.436. The lowest BCUT2D eigenvalue weighted by molar-refractivity contribution is 0.0605. The van der Waals surface area contributed by atoms with E-state index >= 15 is 0 Å². The molecule has 2 aromatic heterocycles. The van der Waals surface area contributed by atoms with E-state index in [-0.39, 0.29) is 5.82 Å². The fourth-order valence-corrected chi connectivity index (χ4v) is 3.62. The monoisotopic (exact) mass is 367 g/mol. The van der Waals surface area contributed by atoms with Gasteiger partial charge in [0.1, 0.15) is 17.3 Å². The van der Waals surface area contributed by atoms with Crippen molar-refractivity contribution >= 4 is 11.8 Å². The van der Waals surface area contributed by atoms with E-state index in [9.17, 15) is 4.39 Å². The Kier molecular flexibility index (Phi) is 4.77.